The number of hydrogen-bond acceptors (Lipinski definition) is 0. The first-order valence-corrected chi connectivity index (χ1v) is 10.2. The Hall–Kier alpha value is -2.09. The van der Waals surface area contributed by atoms with E-state index in [4.69, 9.17) is 0 Å². The molecule has 3 N–H and O–H groups in total. The highest BCUT2D eigenvalue weighted by atomic mass is 35.5. The number of rotatable bonds is 10. The van der Waals surface area contributed by atoms with Crippen LogP contribution in [0.2, 0.25) is 0 Å². The molecule has 0 heterocycles. The van der Waals surface area contributed by atoms with Gasteiger partial charge < -0.3 is 18.1 Å². The Balaban J connectivity index is 0.00000280. The van der Waals surface area contributed by atoms with Gasteiger partial charge in [-0.3, -0.25) is 0 Å². The van der Waals surface area contributed by atoms with E-state index in [1.165, 1.54) is 36.0 Å². The van der Waals surface area contributed by atoms with Crippen LogP contribution in [0.15, 0.2) is 91.0 Å². The van der Waals surface area contributed by atoms with Crippen molar-refractivity contribution in [2.75, 3.05) is 6.54 Å². The van der Waals surface area contributed by atoms with E-state index in [1.807, 2.05) is 0 Å². The molecule has 0 bridgehead atoms. The molecule has 0 fully saturated rings. The maximum atomic E-state index is 4.06. The molecule has 0 atom stereocenters. The minimum Gasteiger partial charge on any atom is -1.00 e. The quantitative estimate of drug-likeness (QED) is 0.511. The molecule has 3 aromatic carbocycles. The van der Waals surface area contributed by atoms with Crippen LogP contribution in [0.4, 0.5) is 0 Å². The molecule has 0 spiro atoms. The summed E-state index contributed by atoms with van der Waals surface area (Å²) in [5.41, 5.74) is 8.62. The third-order valence-corrected chi connectivity index (χ3v) is 5.47. The Morgan fingerprint density at radius 2 is 0.893 bits per heavy atom. The summed E-state index contributed by atoms with van der Waals surface area (Å²) < 4.78 is 0. The fraction of sp³-hybridized carbons (Fsp3) is 0.308. The van der Waals surface area contributed by atoms with Crippen molar-refractivity contribution in [1.29, 1.82) is 0 Å². The fourth-order valence-electron chi connectivity index (χ4n) is 4.22. The van der Waals surface area contributed by atoms with Gasteiger partial charge in [-0.2, -0.15) is 0 Å². The van der Waals surface area contributed by atoms with E-state index in [0.717, 1.165) is 25.8 Å². The third kappa shape index (κ3) is 6.82. The van der Waals surface area contributed by atoms with Gasteiger partial charge in [-0.15, -0.1) is 0 Å². The lowest BCUT2D eigenvalue weighted by Gasteiger charge is -2.35. The second-order valence-electron chi connectivity index (χ2n) is 7.80. The summed E-state index contributed by atoms with van der Waals surface area (Å²) in [5, 5.41) is 0. The van der Waals surface area contributed by atoms with Crippen LogP contribution in [0.25, 0.3) is 0 Å². The van der Waals surface area contributed by atoms with Gasteiger partial charge in [-0.05, 0) is 60.6 Å². The molecule has 1 nitrogen and oxygen atoms in total. The summed E-state index contributed by atoms with van der Waals surface area (Å²) in [6, 6.07) is 33.0. The summed E-state index contributed by atoms with van der Waals surface area (Å²) in [4.78, 5) is 0. The van der Waals surface area contributed by atoms with Crippen molar-refractivity contribution in [3.8, 4) is 0 Å². The first kappa shape index (κ1) is 22.2. The van der Waals surface area contributed by atoms with Crippen molar-refractivity contribution < 1.29 is 18.1 Å². The SMILES string of the molecule is [Cl-].[NH3+]CCCCC(Cc1ccccc1)(Cc1ccccc1)Cc1ccccc1. The molecule has 0 aliphatic carbocycles. The van der Waals surface area contributed by atoms with Gasteiger partial charge in [-0.1, -0.05) is 91.0 Å². The minimum absolute atomic E-state index is 0. The van der Waals surface area contributed by atoms with Gasteiger partial charge in [-0.25, -0.2) is 0 Å². The molecule has 0 radical (unpaired) electrons. The van der Waals surface area contributed by atoms with Gasteiger partial charge in [0.2, 0.25) is 0 Å². The van der Waals surface area contributed by atoms with Crippen molar-refractivity contribution >= 4 is 0 Å². The van der Waals surface area contributed by atoms with Gasteiger partial charge in [0.15, 0.2) is 0 Å². The molecule has 0 aromatic heterocycles. The number of halogens is 1. The van der Waals surface area contributed by atoms with Crippen LogP contribution in [-0.2, 0) is 19.3 Å². The van der Waals surface area contributed by atoms with E-state index in [0.29, 0.717) is 0 Å². The first-order chi connectivity index (χ1) is 13.3. The summed E-state index contributed by atoms with van der Waals surface area (Å²) >= 11 is 0. The number of unbranched alkanes of at least 4 members (excludes halogenated alkanes) is 1. The predicted octanol–water partition coefficient (Wildman–Crippen LogP) is 2.12. The average molecular weight is 394 g/mol. The predicted molar refractivity (Wildman–Crippen MR) is 114 cm³/mol. The molecule has 3 aromatic rings. The molecular formula is C26H32ClN. The Bertz CT molecular complexity index is 670. The van der Waals surface area contributed by atoms with Crippen LogP contribution < -0.4 is 18.1 Å². The van der Waals surface area contributed by atoms with Crippen LogP contribution >= 0.6 is 0 Å². The third-order valence-electron chi connectivity index (χ3n) is 5.47. The highest BCUT2D eigenvalue weighted by Gasteiger charge is 2.30. The normalized spacial score (nSPS) is 11.0. The van der Waals surface area contributed by atoms with E-state index >= 15 is 0 Å². The molecule has 0 amide bonds. The highest BCUT2D eigenvalue weighted by molar-refractivity contribution is 5.24. The van der Waals surface area contributed by atoms with Crippen LogP contribution in [0, 0.1) is 5.41 Å². The zero-order valence-electron chi connectivity index (χ0n) is 16.7. The van der Waals surface area contributed by atoms with Gasteiger partial charge in [0.1, 0.15) is 0 Å². The highest BCUT2D eigenvalue weighted by Crippen LogP contribution is 2.37. The molecule has 28 heavy (non-hydrogen) atoms. The maximum absolute atomic E-state index is 4.06. The lowest BCUT2D eigenvalue weighted by Crippen LogP contribution is -3.00. The monoisotopic (exact) mass is 393 g/mol. The lowest BCUT2D eigenvalue weighted by atomic mass is 9.69. The molecule has 0 saturated carbocycles. The second-order valence-corrected chi connectivity index (χ2v) is 7.80. The molecule has 0 unspecified atom stereocenters. The van der Waals surface area contributed by atoms with E-state index in [-0.39, 0.29) is 17.8 Å². The standard InChI is InChI=1S/C26H31N.ClH/c27-19-11-10-18-26(20-23-12-4-1-5-13-23,21-24-14-6-2-7-15-24)22-25-16-8-3-9-17-25;/h1-9,12-17H,10-11,18-22,27H2;1H. The second kappa shape index (κ2) is 11.7. The largest absolute Gasteiger partial charge is 1.00 e. The average Bonchev–Trinajstić information content (AvgIpc) is 2.70. The van der Waals surface area contributed by atoms with Gasteiger partial charge in [0.05, 0.1) is 6.54 Å². The Morgan fingerprint density at radius 3 is 1.21 bits per heavy atom. The van der Waals surface area contributed by atoms with Gasteiger partial charge in [0, 0.05) is 0 Å². The smallest absolute Gasteiger partial charge is 0.0739 e. The van der Waals surface area contributed by atoms with Crippen LogP contribution in [0.3, 0.4) is 0 Å². The molecular weight excluding hydrogens is 362 g/mol. The van der Waals surface area contributed by atoms with E-state index in [1.54, 1.807) is 0 Å². The van der Waals surface area contributed by atoms with Crippen molar-refractivity contribution in [1.82, 2.24) is 0 Å². The van der Waals surface area contributed by atoms with Crippen molar-refractivity contribution in [2.24, 2.45) is 5.41 Å². The minimum atomic E-state index is 0. The zero-order valence-corrected chi connectivity index (χ0v) is 17.5. The Kier molecular flexibility index (Phi) is 9.27. The summed E-state index contributed by atoms with van der Waals surface area (Å²) in [5.74, 6) is 0. The number of quaternary nitrogens is 1. The summed E-state index contributed by atoms with van der Waals surface area (Å²) in [6.45, 7) is 1.03. The summed E-state index contributed by atoms with van der Waals surface area (Å²) in [6.07, 6.45) is 7.05. The number of benzene rings is 3. The summed E-state index contributed by atoms with van der Waals surface area (Å²) in [7, 11) is 0. The Labute approximate surface area is 176 Å². The molecule has 0 saturated heterocycles. The van der Waals surface area contributed by atoms with Crippen LogP contribution in [0.5, 0.6) is 0 Å². The Morgan fingerprint density at radius 1 is 0.536 bits per heavy atom. The van der Waals surface area contributed by atoms with Gasteiger partial charge >= 0.3 is 0 Å². The van der Waals surface area contributed by atoms with Gasteiger partial charge in [0.25, 0.3) is 0 Å². The molecule has 0 aliphatic rings. The zero-order chi connectivity index (χ0) is 18.8. The first-order valence-electron chi connectivity index (χ1n) is 10.2. The van der Waals surface area contributed by atoms with Crippen molar-refractivity contribution in [2.45, 2.75) is 38.5 Å². The van der Waals surface area contributed by atoms with E-state index < -0.39 is 0 Å². The van der Waals surface area contributed by atoms with Crippen molar-refractivity contribution in [3.63, 3.8) is 0 Å². The lowest BCUT2D eigenvalue weighted by molar-refractivity contribution is -0.368. The van der Waals surface area contributed by atoms with Crippen molar-refractivity contribution in [3.05, 3.63) is 108 Å². The maximum Gasteiger partial charge on any atom is 0.0739 e. The van der Waals surface area contributed by atoms with E-state index in [2.05, 4.69) is 96.7 Å². The topological polar surface area (TPSA) is 27.6 Å². The molecule has 148 valence electrons. The molecule has 3 rings (SSSR count). The fourth-order valence-corrected chi connectivity index (χ4v) is 4.22. The molecule has 0 aliphatic heterocycles. The van der Waals surface area contributed by atoms with Crippen LogP contribution in [0.1, 0.15) is 36.0 Å². The van der Waals surface area contributed by atoms with E-state index in [9.17, 15) is 0 Å². The molecule has 2 heteroatoms. The number of hydrogen-bond donors (Lipinski definition) is 1. The van der Waals surface area contributed by atoms with Crippen LogP contribution in [-0.4, -0.2) is 6.54 Å².